The van der Waals surface area contributed by atoms with Crippen LogP contribution in [-0.4, -0.2) is 38.1 Å². The Bertz CT molecular complexity index is 1230. The van der Waals surface area contributed by atoms with Crippen LogP contribution in [0.1, 0.15) is 12.7 Å². The zero-order valence-corrected chi connectivity index (χ0v) is 16.4. The van der Waals surface area contributed by atoms with Crippen molar-refractivity contribution in [3.05, 3.63) is 48.2 Å². The van der Waals surface area contributed by atoms with Gasteiger partial charge in [0, 0.05) is 11.5 Å². The van der Waals surface area contributed by atoms with E-state index in [0.717, 1.165) is 9.69 Å². The number of hydrogen-bond acceptors (Lipinski definition) is 7. The summed E-state index contributed by atoms with van der Waals surface area (Å²) in [4.78, 5) is 24.7. The van der Waals surface area contributed by atoms with Gasteiger partial charge in [0.15, 0.2) is 11.9 Å². The minimum atomic E-state index is -3.89. The highest BCUT2D eigenvalue weighted by molar-refractivity contribution is 7.93. The van der Waals surface area contributed by atoms with E-state index in [2.05, 4.69) is 10.5 Å². The first-order chi connectivity index (χ1) is 13.8. The summed E-state index contributed by atoms with van der Waals surface area (Å²) < 4.78 is 36.7. The van der Waals surface area contributed by atoms with E-state index in [-0.39, 0.29) is 10.7 Å². The molecule has 0 aliphatic carbocycles. The predicted octanol–water partition coefficient (Wildman–Crippen LogP) is 2.22. The number of aryl methyl sites for hydroxylation is 1. The zero-order chi connectivity index (χ0) is 20.8. The molecule has 1 N–H and O–H groups in total. The van der Waals surface area contributed by atoms with Crippen LogP contribution in [0.25, 0.3) is 10.8 Å². The van der Waals surface area contributed by atoms with Crippen molar-refractivity contribution >= 4 is 44.2 Å². The third-order valence-electron chi connectivity index (χ3n) is 4.51. The molecule has 10 heteroatoms. The molecule has 0 bridgehead atoms. The summed E-state index contributed by atoms with van der Waals surface area (Å²) in [6, 6.07) is 11.6. The van der Waals surface area contributed by atoms with Gasteiger partial charge >= 0.3 is 5.97 Å². The van der Waals surface area contributed by atoms with Gasteiger partial charge in [-0.05, 0) is 31.4 Å². The molecule has 2 aromatic carbocycles. The van der Waals surface area contributed by atoms with E-state index in [1.165, 1.54) is 19.1 Å². The lowest BCUT2D eigenvalue weighted by Crippen LogP contribution is -2.37. The quantitative estimate of drug-likeness (QED) is 0.635. The molecule has 0 saturated heterocycles. The summed E-state index contributed by atoms with van der Waals surface area (Å²) in [6.45, 7) is 2.51. The Hall–Kier alpha value is -3.40. The minimum Gasteiger partial charge on any atom is -0.451 e. The Morgan fingerprint density at radius 3 is 2.66 bits per heavy atom. The number of hydrogen-bond donors (Lipinski definition) is 1. The Balaban J connectivity index is 1.49. The van der Waals surface area contributed by atoms with Gasteiger partial charge in [-0.3, -0.25) is 13.9 Å². The van der Waals surface area contributed by atoms with Crippen molar-refractivity contribution in [3.8, 4) is 0 Å². The van der Waals surface area contributed by atoms with E-state index in [0.29, 0.717) is 16.8 Å². The first-order valence-corrected chi connectivity index (χ1v) is 10.2. The van der Waals surface area contributed by atoms with Gasteiger partial charge in [0.2, 0.25) is 0 Å². The van der Waals surface area contributed by atoms with E-state index < -0.39 is 34.5 Å². The molecule has 1 amide bonds. The number of nitrogens with one attached hydrogen (secondary N) is 1. The third kappa shape index (κ3) is 3.31. The Morgan fingerprint density at radius 1 is 1.24 bits per heavy atom. The predicted molar refractivity (Wildman–Crippen MR) is 104 cm³/mol. The van der Waals surface area contributed by atoms with E-state index in [4.69, 9.17) is 9.26 Å². The van der Waals surface area contributed by atoms with Crippen LogP contribution in [0.15, 0.2) is 51.9 Å². The van der Waals surface area contributed by atoms with Gasteiger partial charge < -0.3 is 14.6 Å². The second-order valence-corrected chi connectivity index (χ2v) is 8.42. The number of esters is 1. The van der Waals surface area contributed by atoms with E-state index in [1.807, 2.05) is 0 Å². The number of anilines is 2. The van der Waals surface area contributed by atoms with Crippen molar-refractivity contribution in [2.24, 2.45) is 0 Å². The first kappa shape index (κ1) is 18.9. The Kier molecular flexibility index (Phi) is 4.50. The van der Waals surface area contributed by atoms with Crippen molar-refractivity contribution in [1.82, 2.24) is 5.16 Å². The van der Waals surface area contributed by atoms with Gasteiger partial charge in [0.25, 0.3) is 15.9 Å². The van der Waals surface area contributed by atoms with Crippen LogP contribution in [-0.2, 0) is 24.3 Å². The monoisotopic (exact) mass is 415 g/mol. The summed E-state index contributed by atoms with van der Waals surface area (Å²) in [6.07, 6.45) is -1.15. The molecular formula is C19H17N3O6S. The normalized spacial score (nSPS) is 15.3. The number of aromatic nitrogens is 1. The van der Waals surface area contributed by atoms with E-state index in [9.17, 15) is 18.0 Å². The van der Waals surface area contributed by atoms with Crippen molar-refractivity contribution in [1.29, 1.82) is 0 Å². The fourth-order valence-electron chi connectivity index (χ4n) is 3.19. The smallest absolute Gasteiger partial charge is 0.327 e. The van der Waals surface area contributed by atoms with Crippen molar-refractivity contribution < 1.29 is 27.3 Å². The van der Waals surface area contributed by atoms with Crippen LogP contribution in [0.2, 0.25) is 0 Å². The average Bonchev–Trinajstić information content (AvgIpc) is 3.17. The van der Waals surface area contributed by atoms with Crippen LogP contribution >= 0.6 is 0 Å². The minimum absolute atomic E-state index is 0.144. The van der Waals surface area contributed by atoms with Crippen LogP contribution in [0.5, 0.6) is 0 Å². The largest absolute Gasteiger partial charge is 0.451 e. The highest BCUT2D eigenvalue weighted by atomic mass is 32.2. The van der Waals surface area contributed by atoms with Crippen LogP contribution in [0.3, 0.4) is 0 Å². The maximum Gasteiger partial charge on any atom is 0.327 e. The van der Waals surface area contributed by atoms with Crippen molar-refractivity contribution in [2.75, 3.05) is 16.2 Å². The number of carbonyl (C=O) groups is 2. The van der Waals surface area contributed by atoms with Crippen LogP contribution in [0, 0.1) is 6.92 Å². The fraction of sp³-hybridized carbons (Fsp3) is 0.211. The number of amides is 1. The molecule has 4 rings (SSSR count). The summed E-state index contributed by atoms with van der Waals surface area (Å²) >= 11 is 0. The Morgan fingerprint density at radius 2 is 1.97 bits per heavy atom. The average molecular weight is 415 g/mol. The second-order valence-electron chi connectivity index (χ2n) is 6.59. The maximum absolute atomic E-state index is 12.9. The molecule has 150 valence electrons. The van der Waals surface area contributed by atoms with Gasteiger partial charge in [-0.1, -0.05) is 29.4 Å². The standard InChI is InChI=1S/C19H17N3O6S/c1-11-9-16(21-28-11)20-19(24)12(2)27-17(23)10-22-14-7-3-5-13-6-4-8-15(18(13)14)29(22,25)26/h3-9,12H,10H2,1-2H3,(H,20,21,24)/t12-/m1/s1. The third-order valence-corrected chi connectivity index (χ3v) is 6.31. The summed E-state index contributed by atoms with van der Waals surface area (Å²) in [5, 5.41) is 7.41. The number of rotatable bonds is 5. The molecule has 1 aliphatic rings. The van der Waals surface area contributed by atoms with E-state index in [1.54, 1.807) is 37.3 Å². The second kappa shape index (κ2) is 6.89. The number of carbonyl (C=O) groups excluding carboxylic acids is 2. The SMILES string of the molecule is Cc1cc(NC(=O)[C@@H](C)OC(=O)CN2c3cccc4cccc(c34)S2(=O)=O)no1. The van der Waals surface area contributed by atoms with Crippen LogP contribution in [0.4, 0.5) is 11.5 Å². The Labute approximate surface area is 166 Å². The van der Waals surface area contributed by atoms with Crippen molar-refractivity contribution in [2.45, 2.75) is 24.8 Å². The van der Waals surface area contributed by atoms with E-state index >= 15 is 0 Å². The molecule has 0 fully saturated rings. The van der Waals surface area contributed by atoms with Gasteiger partial charge in [-0.2, -0.15) is 0 Å². The molecule has 0 unspecified atom stereocenters. The maximum atomic E-state index is 12.9. The molecule has 1 aromatic heterocycles. The van der Waals surface area contributed by atoms with Crippen molar-refractivity contribution in [3.63, 3.8) is 0 Å². The number of ether oxygens (including phenoxy) is 1. The molecule has 9 nitrogen and oxygen atoms in total. The molecular weight excluding hydrogens is 398 g/mol. The lowest BCUT2D eigenvalue weighted by molar-refractivity contribution is -0.151. The first-order valence-electron chi connectivity index (χ1n) is 8.75. The fourth-order valence-corrected chi connectivity index (χ4v) is 4.84. The van der Waals surface area contributed by atoms with Crippen LogP contribution < -0.4 is 9.62 Å². The van der Waals surface area contributed by atoms with Gasteiger partial charge in [0.1, 0.15) is 12.3 Å². The lowest BCUT2D eigenvalue weighted by atomic mass is 10.1. The summed E-state index contributed by atoms with van der Waals surface area (Å²) in [5.74, 6) is -0.753. The lowest BCUT2D eigenvalue weighted by Gasteiger charge is -2.19. The molecule has 0 saturated carbocycles. The highest BCUT2D eigenvalue weighted by Gasteiger charge is 2.37. The van der Waals surface area contributed by atoms with Gasteiger partial charge in [0.05, 0.1) is 10.6 Å². The topological polar surface area (TPSA) is 119 Å². The molecule has 1 atom stereocenters. The van der Waals surface area contributed by atoms with Gasteiger partial charge in [-0.15, -0.1) is 0 Å². The van der Waals surface area contributed by atoms with Gasteiger partial charge in [-0.25, -0.2) is 8.42 Å². The molecule has 3 aromatic rings. The molecule has 0 spiro atoms. The summed E-state index contributed by atoms with van der Waals surface area (Å²) in [7, 11) is -3.89. The molecule has 0 radical (unpaired) electrons. The number of benzene rings is 2. The number of nitrogens with zero attached hydrogens (tertiary/aromatic N) is 2. The molecule has 29 heavy (non-hydrogen) atoms. The number of sulfonamides is 1. The highest BCUT2D eigenvalue weighted by Crippen LogP contribution is 2.41. The summed E-state index contributed by atoms with van der Waals surface area (Å²) in [5.41, 5.74) is 0.408. The molecule has 2 heterocycles. The molecule has 1 aliphatic heterocycles. The zero-order valence-electron chi connectivity index (χ0n) is 15.6.